The Balaban J connectivity index is 2.27. The van der Waals surface area contributed by atoms with Gasteiger partial charge in [-0.25, -0.2) is 4.79 Å². The molecule has 0 radical (unpaired) electrons. The van der Waals surface area contributed by atoms with E-state index in [9.17, 15) is 14.7 Å². The first-order valence-electron chi connectivity index (χ1n) is 5.85. The van der Waals surface area contributed by atoms with Gasteiger partial charge in [0.15, 0.2) is 5.60 Å². The molecule has 1 aliphatic rings. The summed E-state index contributed by atoms with van der Waals surface area (Å²) < 4.78 is 0. The number of carboxylic acids is 1. The normalized spacial score (nSPS) is 20.6. The Labute approximate surface area is 100 Å². The number of rotatable bonds is 5. The summed E-state index contributed by atoms with van der Waals surface area (Å²) in [5.41, 5.74) is -1.90. The van der Waals surface area contributed by atoms with E-state index in [0.717, 1.165) is 25.9 Å². The van der Waals surface area contributed by atoms with Crippen molar-refractivity contribution in [1.29, 1.82) is 0 Å². The summed E-state index contributed by atoms with van der Waals surface area (Å²) >= 11 is 0. The molecule has 0 saturated carbocycles. The smallest absolute Gasteiger partial charge is 0.337 e. The molecule has 0 aromatic heterocycles. The zero-order valence-electron chi connectivity index (χ0n) is 10.0. The van der Waals surface area contributed by atoms with Crippen LogP contribution in [0.5, 0.6) is 0 Å². The summed E-state index contributed by atoms with van der Waals surface area (Å²) in [5, 5.41) is 23.8. The van der Waals surface area contributed by atoms with Gasteiger partial charge in [-0.15, -0.1) is 0 Å². The number of hydrogen-bond acceptors (Lipinski definition) is 4. The van der Waals surface area contributed by atoms with Crippen molar-refractivity contribution in [1.82, 2.24) is 10.6 Å². The number of nitrogens with one attached hydrogen (secondary N) is 2. The highest BCUT2D eigenvalue weighted by molar-refractivity contribution is 5.80. The molecule has 1 atom stereocenters. The van der Waals surface area contributed by atoms with Crippen molar-refractivity contribution in [3.05, 3.63) is 0 Å². The summed E-state index contributed by atoms with van der Waals surface area (Å²) in [6, 6.07) is 0. The summed E-state index contributed by atoms with van der Waals surface area (Å²) in [6.45, 7) is 2.75. The molecule has 17 heavy (non-hydrogen) atoms. The molecule has 0 spiro atoms. The van der Waals surface area contributed by atoms with Gasteiger partial charge in [-0.1, -0.05) is 0 Å². The van der Waals surface area contributed by atoms with E-state index in [0.29, 0.717) is 12.3 Å². The van der Waals surface area contributed by atoms with Crippen molar-refractivity contribution in [3.8, 4) is 0 Å². The largest absolute Gasteiger partial charge is 0.479 e. The first kappa shape index (κ1) is 13.9. The molecular weight excluding hydrogens is 224 g/mol. The highest BCUT2D eigenvalue weighted by atomic mass is 16.4. The third-order valence-electron chi connectivity index (χ3n) is 3.02. The van der Waals surface area contributed by atoms with Crippen LogP contribution in [-0.2, 0) is 9.59 Å². The fourth-order valence-corrected chi connectivity index (χ4v) is 1.77. The maximum absolute atomic E-state index is 11.5. The van der Waals surface area contributed by atoms with Crippen molar-refractivity contribution in [3.63, 3.8) is 0 Å². The molecule has 98 valence electrons. The number of carboxylic acid groups (broad SMARTS) is 1. The number of hydrogen-bond donors (Lipinski definition) is 4. The molecule has 6 heteroatoms. The molecule has 1 aliphatic heterocycles. The van der Waals surface area contributed by atoms with Crippen LogP contribution in [0.15, 0.2) is 0 Å². The third kappa shape index (κ3) is 4.70. The van der Waals surface area contributed by atoms with E-state index in [2.05, 4.69) is 10.6 Å². The molecule has 0 bridgehead atoms. The molecule has 1 fully saturated rings. The third-order valence-corrected chi connectivity index (χ3v) is 3.02. The van der Waals surface area contributed by atoms with Crippen LogP contribution in [0, 0.1) is 5.92 Å². The van der Waals surface area contributed by atoms with Crippen LogP contribution in [0.4, 0.5) is 0 Å². The lowest BCUT2D eigenvalue weighted by molar-refractivity contribution is -0.156. The molecule has 1 rings (SSSR count). The van der Waals surface area contributed by atoms with Crippen molar-refractivity contribution in [2.75, 3.05) is 19.6 Å². The minimum Gasteiger partial charge on any atom is -0.479 e. The highest BCUT2D eigenvalue weighted by Crippen LogP contribution is 2.15. The summed E-state index contributed by atoms with van der Waals surface area (Å²) in [7, 11) is 0. The van der Waals surface area contributed by atoms with Gasteiger partial charge >= 0.3 is 5.97 Å². The van der Waals surface area contributed by atoms with Gasteiger partial charge in [0, 0.05) is 6.42 Å². The standard InChI is InChI=1S/C11H20N2O4/c1-11(17,10(15)16)7-13-9(14)6-8-2-4-12-5-3-8/h8,12,17H,2-7H2,1H3,(H,13,14)(H,15,16). The van der Waals surface area contributed by atoms with Crippen LogP contribution in [0.3, 0.4) is 0 Å². The van der Waals surface area contributed by atoms with Gasteiger partial charge in [-0.2, -0.15) is 0 Å². The van der Waals surface area contributed by atoms with Gasteiger partial charge in [0.2, 0.25) is 5.91 Å². The fraction of sp³-hybridized carbons (Fsp3) is 0.818. The van der Waals surface area contributed by atoms with Crippen LogP contribution in [0.2, 0.25) is 0 Å². The van der Waals surface area contributed by atoms with Crippen LogP contribution < -0.4 is 10.6 Å². The minimum absolute atomic E-state index is 0.196. The average molecular weight is 244 g/mol. The molecule has 0 aliphatic carbocycles. The predicted molar refractivity (Wildman–Crippen MR) is 61.5 cm³/mol. The quantitative estimate of drug-likeness (QED) is 0.514. The van der Waals surface area contributed by atoms with E-state index in [1.54, 1.807) is 0 Å². The number of aliphatic hydroxyl groups is 1. The van der Waals surface area contributed by atoms with Gasteiger partial charge in [-0.3, -0.25) is 4.79 Å². The average Bonchev–Trinajstić information content (AvgIpc) is 2.28. The molecular formula is C11H20N2O4. The topological polar surface area (TPSA) is 98.7 Å². The summed E-state index contributed by atoms with van der Waals surface area (Å²) in [6.07, 6.45) is 2.32. The maximum Gasteiger partial charge on any atom is 0.337 e. The number of carbonyl (C=O) groups excluding carboxylic acids is 1. The van der Waals surface area contributed by atoms with Crippen molar-refractivity contribution < 1.29 is 19.8 Å². The number of piperidine rings is 1. The monoisotopic (exact) mass is 244 g/mol. The Morgan fingerprint density at radius 2 is 2.00 bits per heavy atom. The van der Waals surface area contributed by atoms with E-state index >= 15 is 0 Å². The second-order valence-electron chi connectivity index (χ2n) is 4.75. The van der Waals surface area contributed by atoms with Gasteiger partial charge < -0.3 is 20.8 Å². The van der Waals surface area contributed by atoms with Gasteiger partial charge in [0.05, 0.1) is 6.54 Å². The van der Waals surface area contributed by atoms with Crippen molar-refractivity contribution in [2.45, 2.75) is 31.8 Å². The predicted octanol–water partition coefficient (Wildman–Crippen LogP) is -0.672. The molecule has 4 N–H and O–H groups in total. The van der Waals surface area contributed by atoms with Crippen molar-refractivity contribution in [2.24, 2.45) is 5.92 Å². The fourth-order valence-electron chi connectivity index (χ4n) is 1.77. The first-order chi connectivity index (χ1) is 7.92. The first-order valence-corrected chi connectivity index (χ1v) is 5.85. The van der Waals surface area contributed by atoms with Crippen LogP contribution in [0.1, 0.15) is 26.2 Å². The van der Waals surface area contributed by atoms with Crippen LogP contribution >= 0.6 is 0 Å². The lowest BCUT2D eigenvalue weighted by Crippen LogP contribution is -2.47. The number of amides is 1. The Morgan fingerprint density at radius 3 is 2.53 bits per heavy atom. The zero-order valence-corrected chi connectivity index (χ0v) is 10.0. The lowest BCUT2D eigenvalue weighted by atomic mass is 9.94. The minimum atomic E-state index is -1.90. The second-order valence-corrected chi connectivity index (χ2v) is 4.75. The Morgan fingerprint density at radius 1 is 1.41 bits per heavy atom. The molecule has 6 nitrogen and oxygen atoms in total. The molecule has 1 amide bonds. The zero-order chi connectivity index (χ0) is 12.9. The van der Waals surface area contributed by atoms with Crippen LogP contribution in [0.25, 0.3) is 0 Å². The molecule has 1 unspecified atom stereocenters. The SMILES string of the molecule is CC(O)(CNC(=O)CC1CCNCC1)C(=O)O. The van der Waals surface area contributed by atoms with E-state index < -0.39 is 11.6 Å². The summed E-state index contributed by atoms with van der Waals surface area (Å²) in [4.78, 5) is 22.2. The second kappa shape index (κ2) is 5.97. The van der Waals surface area contributed by atoms with Crippen LogP contribution in [-0.4, -0.2) is 47.3 Å². The van der Waals surface area contributed by atoms with E-state index in [1.807, 2.05) is 0 Å². The highest BCUT2D eigenvalue weighted by Gasteiger charge is 2.30. The lowest BCUT2D eigenvalue weighted by Gasteiger charge is -2.23. The Kier molecular flexibility index (Phi) is 4.89. The number of aliphatic carboxylic acids is 1. The van der Waals surface area contributed by atoms with Gasteiger partial charge in [-0.05, 0) is 38.8 Å². The molecule has 0 aromatic rings. The van der Waals surface area contributed by atoms with Gasteiger partial charge in [0.25, 0.3) is 0 Å². The Hall–Kier alpha value is -1.14. The molecule has 1 saturated heterocycles. The summed E-state index contributed by atoms with van der Waals surface area (Å²) in [5.74, 6) is -1.18. The van der Waals surface area contributed by atoms with Gasteiger partial charge in [0.1, 0.15) is 0 Å². The molecule has 0 aromatic carbocycles. The number of carbonyl (C=O) groups is 2. The Bertz CT molecular complexity index is 285. The van der Waals surface area contributed by atoms with E-state index in [-0.39, 0.29) is 12.5 Å². The van der Waals surface area contributed by atoms with E-state index in [1.165, 1.54) is 6.92 Å². The maximum atomic E-state index is 11.5. The van der Waals surface area contributed by atoms with E-state index in [4.69, 9.17) is 5.11 Å². The van der Waals surface area contributed by atoms with Crippen molar-refractivity contribution >= 4 is 11.9 Å². The molecule has 1 heterocycles.